The highest BCUT2D eigenvalue weighted by Crippen LogP contribution is 2.18. The number of rotatable bonds is 7. The molecule has 140 valence electrons. The van der Waals surface area contributed by atoms with Crippen molar-refractivity contribution >= 4 is 31.4 Å². The van der Waals surface area contributed by atoms with Gasteiger partial charge in [0.25, 0.3) is 0 Å². The minimum absolute atomic E-state index is 0.0291. The van der Waals surface area contributed by atoms with Crippen LogP contribution in [0.25, 0.3) is 0 Å². The van der Waals surface area contributed by atoms with Gasteiger partial charge in [-0.25, -0.2) is 21.8 Å². The van der Waals surface area contributed by atoms with Crippen LogP contribution in [0.4, 0.5) is 11.5 Å². The van der Waals surface area contributed by atoms with Gasteiger partial charge >= 0.3 is 0 Å². The van der Waals surface area contributed by atoms with Gasteiger partial charge in [0.05, 0.1) is 29.1 Å². The number of aryl methyl sites for hydroxylation is 1. The Labute approximate surface area is 153 Å². The van der Waals surface area contributed by atoms with E-state index in [4.69, 9.17) is 0 Å². The maximum atomic E-state index is 12.2. The van der Waals surface area contributed by atoms with Crippen LogP contribution in [0.15, 0.2) is 48.7 Å². The Morgan fingerprint density at radius 1 is 1.12 bits per heavy atom. The van der Waals surface area contributed by atoms with Crippen molar-refractivity contribution in [3.8, 4) is 0 Å². The number of anilines is 2. The number of aromatic nitrogens is 1. The molecule has 9 heteroatoms. The fraction of sp³-hybridized carbons (Fsp3) is 0.353. The molecular formula is C17H21N3O4S2. The molecule has 0 bridgehead atoms. The largest absolute Gasteiger partial charge is 0.380 e. The lowest BCUT2D eigenvalue weighted by atomic mass is 10.2. The number of pyridine rings is 1. The van der Waals surface area contributed by atoms with Gasteiger partial charge in [0.1, 0.15) is 5.82 Å². The molecular weight excluding hydrogens is 374 g/mol. The summed E-state index contributed by atoms with van der Waals surface area (Å²) in [6.45, 7) is 0. The maximum Gasteiger partial charge on any atom is 0.234 e. The summed E-state index contributed by atoms with van der Waals surface area (Å²) in [6, 6.07) is 12.5. The molecule has 7 nitrogen and oxygen atoms in total. The molecule has 1 atom stereocenters. The molecule has 0 spiro atoms. The Hall–Kier alpha value is -2.13. The van der Waals surface area contributed by atoms with E-state index >= 15 is 0 Å². The average molecular weight is 396 g/mol. The van der Waals surface area contributed by atoms with Crippen LogP contribution in [0.1, 0.15) is 12.0 Å². The van der Waals surface area contributed by atoms with Crippen LogP contribution in [-0.4, -0.2) is 45.1 Å². The van der Waals surface area contributed by atoms with Gasteiger partial charge in [0.2, 0.25) is 10.0 Å². The van der Waals surface area contributed by atoms with Gasteiger partial charge in [-0.15, -0.1) is 0 Å². The van der Waals surface area contributed by atoms with Crippen molar-refractivity contribution < 1.29 is 16.8 Å². The van der Waals surface area contributed by atoms with Crippen molar-refractivity contribution in [1.29, 1.82) is 0 Å². The molecule has 3 rings (SSSR count). The molecule has 1 aromatic carbocycles. The second-order valence-corrected chi connectivity index (χ2v) is 10.4. The fourth-order valence-electron chi connectivity index (χ4n) is 2.79. The van der Waals surface area contributed by atoms with E-state index in [1.807, 2.05) is 30.3 Å². The van der Waals surface area contributed by atoms with E-state index in [1.54, 1.807) is 12.1 Å². The van der Waals surface area contributed by atoms with Gasteiger partial charge in [-0.2, -0.15) is 0 Å². The normalized spacial score (nSPS) is 19.2. The zero-order chi connectivity index (χ0) is 18.6. The Bertz CT molecular complexity index is 943. The van der Waals surface area contributed by atoms with Crippen LogP contribution in [0, 0.1) is 0 Å². The molecule has 1 aromatic heterocycles. The summed E-state index contributed by atoms with van der Waals surface area (Å²) in [5.74, 6) is 0.513. The zero-order valence-electron chi connectivity index (χ0n) is 14.1. The molecule has 0 saturated carbocycles. The first-order valence-electron chi connectivity index (χ1n) is 8.29. The molecule has 0 amide bonds. The monoisotopic (exact) mass is 395 g/mol. The Kier molecular flexibility index (Phi) is 5.47. The van der Waals surface area contributed by atoms with Crippen LogP contribution in [-0.2, 0) is 26.3 Å². The smallest absolute Gasteiger partial charge is 0.234 e. The third kappa shape index (κ3) is 5.43. The molecule has 26 heavy (non-hydrogen) atoms. The van der Waals surface area contributed by atoms with Gasteiger partial charge in [0, 0.05) is 6.04 Å². The van der Waals surface area contributed by atoms with Gasteiger partial charge in [-0.3, -0.25) is 4.72 Å². The van der Waals surface area contributed by atoms with E-state index in [2.05, 4.69) is 15.0 Å². The van der Waals surface area contributed by atoms with Crippen molar-refractivity contribution in [2.24, 2.45) is 0 Å². The second kappa shape index (κ2) is 7.63. The molecule has 2 N–H and O–H groups in total. The first kappa shape index (κ1) is 18.7. The topological polar surface area (TPSA) is 105 Å². The van der Waals surface area contributed by atoms with Gasteiger partial charge in [-0.05, 0) is 30.5 Å². The van der Waals surface area contributed by atoms with Crippen LogP contribution in [0.3, 0.4) is 0 Å². The van der Waals surface area contributed by atoms with Crippen molar-refractivity contribution in [3.63, 3.8) is 0 Å². The van der Waals surface area contributed by atoms with Crippen LogP contribution < -0.4 is 10.0 Å². The number of sulfonamides is 1. The highest BCUT2D eigenvalue weighted by Gasteiger charge is 2.27. The zero-order valence-corrected chi connectivity index (χ0v) is 15.8. The van der Waals surface area contributed by atoms with E-state index in [9.17, 15) is 16.8 Å². The summed E-state index contributed by atoms with van der Waals surface area (Å²) < 4.78 is 49.8. The predicted octanol–water partition coefficient (Wildman–Crippen LogP) is 1.66. The summed E-state index contributed by atoms with van der Waals surface area (Å²) in [5, 5.41) is 3.11. The van der Waals surface area contributed by atoms with Gasteiger partial charge in [0.15, 0.2) is 9.84 Å². The van der Waals surface area contributed by atoms with Crippen molar-refractivity contribution in [3.05, 3.63) is 54.2 Å². The molecule has 2 heterocycles. The van der Waals surface area contributed by atoms with E-state index in [-0.39, 0.29) is 29.1 Å². The number of hydrogen-bond donors (Lipinski definition) is 2. The number of benzene rings is 1. The van der Waals surface area contributed by atoms with Crippen molar-refractivity contribution in [2.45, 2.75) is 18.9 Å². The van der Waals surface area contributed by atoms with Crippen molar-refractivity contribution in [1.82, 2.24) is 4.98 Å². The first-order valence-corrected chi connectivity index (χ1v) is 11.8. The van der Waals surface area contributed by atoms with E-state index < -0.39 is 19.9 Å². The minimum Gasteiger partial charge on any atom is -0.380 e. The van der Waals surface area contributed by atoms with Crippen molar-refractivity contribution in [2.75, 3.05) is 27.3 Å². The lowest BCUT2D eigenvalue weighted by Gasteiger charge is -2.13. The Morgan fingerprint density at radius 2 is 1.88 bits per heavy atom. The molecule has 0 radical (unpaired) electrons. The first-order chi connectivity index (χ1) is 12.3. The second-order valence-electron chi connectivity index (χ2n) is 6.33. The Balaban J connectivity index is 1.55. The lowest BCUT2D eigenvalue weighted by Crippen LogP contribution is -2.21. The van der Waals surface area contributed by atoms with Crippen LogP contribution in [0.5, 0.6) is 0 Å². The van der Waals surface area contributed by atoms with Crippen LogP contribution in [0.2, 0.25) is 0 Å². The van der Waals surface area contributed by atoms with Crippen LogP contribution >= 0.6 is 0 Å². The standard InChI is InChI=1S/C17H21N3O4S2/c21-25(22)10-9-16(13-25)19-15-6-7-17(18-12-15)20-26(23,24)11-8-14-4-2-1-3-5-14/h1-7,12,16,19H,8-11,13H2,(H,18,20). The molecule has 1 saturated heterocycles. The summed E-state index contributed by atoms with van der Waals surface area (Å²) in [4.78, 5) is 4.10. The SMILES string of the molecule is O=S1(=O)CCC(Nc2ccc(NS(=O)(=O)CCc3ccccc3)nc2)C1. The highest BCUT2D eigenvalue weighted by molar-refractivity contribution is 7.92. The molecule has 1 unspecified atom stereocenters. The molecule has 1 aliphatic heterocycles. The van der Waals surface area contributed by atoms with E-state index in [1.165, 1.54) is 6.20 Å². The molecule has 0 aliphatic carbocycles. The maximum absolute atomic E-state index is 12.2. The summed E-state index contributed by atoms with van der Waals surface area (Å²) in [7, 11) is -6.45. The molecule has 2 aromatic rings. The Morgan fingerprint density at radius 3 is 2.50 bits per heavy atom. The third-order valence-corrected chi connectivity index (χ3v) is 7.16. The number of nitrogens with one attached hydrogen (secondary N) is 2. The quantitative estimate of drug-likeness (QED) is 0.739. The molecule has 1 fully saturated rings. The molecule has 1 aliphatic rings. The third-order valence-electron chi connectivity index (χ3n) is 4.13. The van der Waals surface area contributed by atoms with E-state index in [0.29, 0.717) is 18.5 Å². The highest BCUT2D eigenvalue weighted by atomic mass is 32.2. The summed E-state index contributed by atoms with van der Waals surface area (Å²) in [6.07, 6.45) is 2.49. The number of nitrogens with zero attached hydrogens (tertiary/aromatic N) is 1. The minimum atomic E-state index is -3.50. The summed E-state index contributed by atoms with van der Waals surface area (Å²) >= 11 is 0. The number of hydrogen-bond acceptors (Lipinski definition) is 6. The summed E-state index contributed by atoms with van der Waals surface area (Å²) in [5.41, 5.74) is 1.62. The fourth-order valence-corrected chi connectivity index (χ4v) is 5.51. The predicted molar refractivity (Wildman–Crippen MR) is 102 cm³/mol. The lowest BCUT2D eigenvalue weighted by molar-refractivity contribution is 0.599. The average Bonchev–Trinajstić information content (AvgIpc) is 2.94. The number of sulfone groups is 1. The van der Waals surface area contributed by atoms with Gasteiger partial charge < -0.3 is 5.32 Å². The van der Waals surface area contributed by atoms with E-state index in [0.717, 1.165) is 5.56 Å². The van der Waals surface area contributed by atoms with Gasteiger partial charge in [-0.1, -0.05) is 30.3 Å².